The van der Waals surface area contributed by atoms with E-state index in [2.05, 4.69) is 26.7 Å². The number of aryl methyl sites for hydroxylation is 1. The number of fused-ring (bicyclic) bond motifs is 1. The summed E-state index contributed by atoms with van der Waals surface area (Å²) in [5.74, 6) is 2.33. The average molecular weight is 439 g/mol. The molecule has 4 N–H and O–H groups in total. The second kappa shape index (κ2) is 12.0. The third-order valence-corrected chi connectivity index (χ3v) is 5.41. The maximum absolute atomic E-state index is 9.76. The molecule has 2 aromatic carbocycles. The number of aliphatic imine (C=N–C) groups is 1. The molecule has 0 aliphatic rings. The Morgan fingerprint density at radius 2 is 1.91 bits per heavy atom. The number of nitrogens with one attached hydrogen (secondary N) is 3. The fourth-order valence-corrected chi connectivity index (χ4v) is 3.68. The molecule has 3 aromatic rings. The lowest BCUT2D eigenvalue weighted by Crippen LogP contribution is -2.38. The second-order valence-electron chi connectivity index (χ2n) is 7.63. The van der Waals surface area contributed by atoms with Crippen LogP contribution in [0.2, 0.25) is 0 Å². The molecule has 7 nitrogen and oxygen atoms in total. The van der Waals surface area contributed by atoms with Crippen LogP contribution < -0.4 is 20.1 Å². The first kappa shape index (κ1) is 23.5. The van der Waals surface area contributed by atoms with Gasteiger partial charge in [0, 0.05) is 42.2 Å². The average Bonchev–Trinajstić information content (AvgIpc) is 3.24. The van der Waals surface area contributed by atoms with Gasteiger partial charge in [0.05, 0.1) is 32.9 Å². The lowest BCUT2D eigenvalue weighted by atomic mass is 10.0. The molecule has 0 fully saturated rings. The van der Waals surface area contributed by atoms with Crippen LogP contribution >= 0.6 is 0 Å². The number of aromatic amines is 1. The summed E-state index contributed by atoms with van der Waals surface area (Å²) in [5.41, 5.74) is 3.26. The Hall–Kier alpha value is -3.19. The largest absolute Gasteiger partial charge is 0.497 e. The van der Waals surface area contributed by atoms with E-state index in [1.165, 1.54) is 0 Å². The highest BCUT2D eigenvalue weighted by Crippen LogP contribution is 2.31. The molecule has 0 spiro atoms. The fourth-order valence-electron chi connectivity index (χ4n) is 3.68. The first-order valence-corrected chi connectivity index (χ1v) is 11.1. The van der Waals surface area contributed by atoms with Gasteiger partial charge in [0.25, 0.3) is 0 Å². The molecule has 0 aliphatic carbocycles. The van der Waals surface area contributed by atoms with Crippen LogP contribution in [0.4, 0.5) is 0 Å². The Bertz CT molecular complexity index is 1000. The van der Waals surface area contributed by atoms with Crippen molar-refractivity contribution >= 4 is 16.9 Å². The van der Waals surface area contributed by atoms with Gasteiger partial charge in [-0.3, -0.25) is 4.99 Å². The first-order chi connectivity index (χ1) is 15.7. The number of aliphatic hydroxyl groups excluding tert-OH is 1. The number of aromatic nitrogens is 1. The SMILES string of the molecule is CCNC(=NCC(CO)c1ccccc1)NCCCc1cc2c(OC)cc(OC)cc2[nH]1. The normalized spacial score (nSPS) is 12.6. The summed E-state index contributed by atoms with van der Waals surface area (Å²) >= 11 is 0. The van der Waals surface area contributed by atoms with E-state index >= 15 is 0 Å². The van der Waals surface area contributed by atoms with Gasteiger partial charge in [-0.05, 0) is 31.4 Å². The van der Waals surface area contributed by atoms with E-state index in [1.54, 1.807) is 14.2 Å². The molecule has 0 radical (unpaired) electrons. The maximum Gasteiger partial charge on any atom is 0.191 e. The Kier molecular flexibility index (Phi) is 8.80. The summed E-state index contributed by atoms with van der Waals surface area (Å²) < 4.78 is 10.9. The van der Waals surface area contributed by atoms with Crippen LogP contribution in [0.3, 0.4) is 0 Å². The van der Waals surface area contributed by atoms with Crippen molar-refractivity contribution in [2.24, 2.45) is 4.99 Å². The molecule has 32 heavy (non-hydrogen) atoms. The molecular formula is C25H34N4O3. The molecule has 7 heteroatoms. The summed E-state index contributed by atoms with van der Waals surface area (Å²) in [6, 6.07) is 16.0. The minimum atomic E-state index is -0.00928. The van der Waals surface area contributed by atoms with Crippen LogP contribution in [-0.2, 0) is 6.42 Å². The van der Waals surface area contributed by atoms with Crippen LogP contribution in [-0.4, -0.2) is 56.5 Å². The summed E-state index contributed by atoms with van der Waals surface area (Å²) in [7, 11) is 3.33. The van der Waals surface area contributed by atoms with Crippen LogP contribution in [0.5, 0.6) is 11.5 Å². The zero-order valence-electron chi connectivity index (χ0n) is 19.1. The Morgan fingerprint density at radius 3 is 2.59 bits per heavy atom. The van der Waals surface area contributed by atoms with E-state index in [1.807, 2.05) is 49.4 Å². The zero-order valence-corrected chi connectivity index (χ0v) is 19.1. The third-order valence-electron chi connectivity index (χ3n) is 5.41. The summed E-state index contributed by atoms with van der Waals surface area (Å²) in [4.78, 5) is 8.14. The van der Waals surface area contributed by atoms with Gasteiger partial charge in [0.1, 0.15) is 11.5 Å². The number of guanidine groups is 1. The number of aliphatic hydroxyl groups is 1. The molecule has 3 rings (SSSR count). The monoisotopic (exact) mass is 438 g/mol. The fraction of sp³-hybridized carbons (Fsp3) is 0.400. The van der Waals surface area contributed by atoms with E-state index in [0.29, 0.717) is 6.54 Å². The van der Waals surface area contributed by atoms with Crippen molar-refractivity contribution in [2.75, 3.05) is 40.5 Å². The number of hydrogen-bond donors (Lipinski definition) is 4. The van der Waals surface area contributed by atoms with Gasteiger partial charge < -0.3 is 30.2 Å². The van der Waals surface area contributed by atoms with Crippen molar-refractivity contribution in [3.05, 3.63) is 59.8 Å². The van der Waals surface area contributed by atoms with Crippen LogP contribution in [0.25, 0.3) is 10.9 Å². The van der Waals surface area contributed by atoms with Gasteiger partial charge in [-0.15, -0.1) is 0 Å². The Morgan fingerprint density at radius 1 is 1.09 bits per heavy atom. The smallest absolute Gasteiger partial charge is 0.191 e. The van der Waals surface area contributed by atoms with E-state index in [4.69, 9.17) is 9.47 Å². The van der Waals surface area contributed by atoms with Crippen molar-refractivity contribution in [2.45, 2.75) is 25.7 Å². The molecule has 0 bridgehead atoms. The van der Waals surface area contributed by atoms with Crippen LogP contribution in [0.1, 0.15) is 30.5 Å². The summed E-state index contributed by atoms with van der Waals surface area (Å²) in [6.07, 6.45) is 1.84. The van der Waals surface area contributed by atoms with Crippen LogP contribution in [0, 0.1) is 0 Å². The van der Waals surface area contributed by atoms with E-state index in [0.717, 1.165) is 65.6 Å². The minimum absolute atomic E-state index is 0.00928. The Balaban J connectivity index is 1.56. The highest BCUT2D eigenvalue weighted by molar-refractivity contribution is 5.88. The van der Waals surface area contributed by atoms with Crippen molar-refractivity contribution in [1.82, 2.24) is 15.6 Å². The van der Waals surface area contributed by atoms with Gasteiger partial charge >= 0.3 is 0 Å². The molecule has 0 saturated carbocycles. The highest BCUT2D eigenvalue weighted by Gasteiger charge is 2.11. The molecule has 1 atom stereocenters. The van der Waals surface area contributed by atoms with Crippen molar-refractivity contribution in [1.29, 1.82) is 0 Å². The number of H-pyrrole nitrogens is 1. The van der Waals surface area contributed by atoms with Gasteiger partial charge in [0.15, 0.2) is 5.96 Å². The number of nitrogens with zero attached hydrogens (tertiary/aromatic N) is 1. The standard InChI is InChI=1S/C25H34N4O3/c1-4-26-25(28-16-19(17-30)18-9-6-5-7-10-18)27-12-8-11-20-13-22-23(29-20)14-21(31-2)15-24(22)32-3/h5-7,9-10,13-15,19,29-30H,4,8,11-12,16-17H2,1-3H3,(H2,26,27,28). The summed E-state index contributed by atoms with van der Waals surface area (Å²) in [5, 5.41) is 17.5. The summed E-state index contributed by atoms with van der Waals surface area (Å²) in [6.45, 7) is 4.21. The highest BCUT2D eigenvalue weighted by atomic mass is 16.5. The first-order valence-electron chi connectivity index (χ1n) is 11.1. The van der Waals surface area contributed by atoms with Crippen LogP contribution in [0.15, 0.2) is 53.5 Å². The number of hydrogen-bond acceptors (Lipinski definition) is 4. The zero-order chi connectivity index (χ0) is 22.8. The van der Waals surface area contributed by atoms with E-state index < -0.39 is 0 Å². The van der Waals surface area contributed by atoms with Crippen molar-refractivity contribution < 1.29 is 14.6 Å². The number of rotatable bonds is 11. The number of benzene rings is 2. The van der Waals surface area contributed by atoms with E-state index in [9.17, 15) is 5.11 Å². The van der Waals surface area contributed by atoms with Gasteiger partial charge in [-0.2, -0.15) is 0 Å². The third kappa shape index (κ3) is 6.17. The molecule has 1 heterocycles. The maximum atomic E-state index is 9.76. The lowest BCUT2D eigenvalue weighted by molar-refractivity contribution is 0.268. The second-order valence-corrected chi connectivity index (χ2v) is 7.63. The molecule has 172 valence electrons. The molecule has 1 unspecified atom stereocenters. The quantitative estimate of drug-likeness (QED) is 0.209. The number of ether oxygens (including phenoxy) is 2. The minimum Gasteiger partial charge on any atom is -0.497 e. The predicted molar refractivity (Wildman–Crippen MR) is 130 cm³/mol. The molecule has 0 saturated heterocycles. The van der Waals surface area contributed by atoms with E-state index in [-0.39, 0.29) is 12.5 Å². The molecule has 0 amide bonds. The topological polar surface area (TPSA) is 90.9 Å². The van der Waals surface area contributed by atoms with Crippen molar-refractivity contribution in [3.8, 4) is 11.5 Å². The predicted octanol–water partition coefficient (Wildman–Crippen LogP) is 3.45. The molecular weight excluding hydrogens is 404 g/mol. The van der Waals surface area contributed by atoms with Gasteiger partial charge in [-0.1, -0.05) is 30.3 Å². The van der Waals surface area contributed by atoms with Crippen molar-refractivity contribution in [3.63, 3.8) is 0 Å². The van der Waals surface area contributed by atoms with Gasteiger partial charge in [-0.25, -0.2) is 0 Å². The lowest BCUT2D eigenvalue weighted by Gasteiger charge is -2.15. The number of methoxy groups -OCH3 is 2. The van der Waals surface area contributed by atoms with Gasteiger partial charge in [0.2, 0.25) is 0 Å². The molecule has 1 aromatic heterocycles. The molecule has 0 aliphatic heterocycles. The Labute approximate surface area is 189 Å².